The lowest BCUT2D eigenvalue weighted by Crippen LogP contribution is -2.14. The minimum atomic E-state index is -0.904. The average molecular weight is 240 g/mol. The first-order chi connectivity index (χ1) is 7.58. The molecule has 1 N–H and O–H groups in total. The van der Waals surface area contributed by atoms with Gasteiger partial charge < -0.3 is 9.67 Å². The smallest absolute Gasteiger partial charge is 0.313 e. The van der Waals surface area contributed by atoms with E-state index in [1.807, 2.05) is 4.57 Å². The number of aliphatic carboxylic acids is 1. The Morgan fingerprint density at radius 1 is 1.75 bits per heavy atom. The van der Waals surface area contributed by atoms with Crippen molar-refractivity contribution in [1.82, 2.24) is 9.55 Å². The van der Waals surface area contributed by atoms with Gasteiger partial charge in [-0.15, -0.1) is 0 Å². The van der Waals surface area contributed by atoms with Gasteiger partial charge in [-0.25, -0.2) is 0 Å². The highest BCUT2D eigenvalue weighted by Gasteiger charge is 2.35. The fraction of sp³-hybridized carbons (Fsp3) is 0.500. The van der Waals surface area contributed by atoms with E-state index in [9.17, 15) is 9.59 Å². The fourth-order valence-corrected chi connectivity index (χ4v) is 2.33. The summed E-state index contributed by atoms with van der Waals surface area (Å²) < 4.78 is 1.90. The first-order valence-corrected chi connectivity index (χ1v) is 6.00. The maximum atomic E-state index is 11.1. The van der Waals surface area contributed by atoms with E-state index in [-0.39, 0.29) is 11.3 Å². The monoisotopic (exact) mass is 240 g/mol. The quantitative estimate of drug-likeness (QED) is 0.628. The Morgan fingerprint density at radius 3 is 3.00 bits per heavy atom. The van der Waals surface area contributed by atoms with Crippen LogP contribution in [0.25, 0.3) is 0 Å². The number of thioether (sulfide) groups is 1. The zero-order chi connectivity index (χ0) is 11.7. The zero-order valence-electron chi connectivity index (χ0n) is 8.79. The summed E-state index contributed by atoms with van der Waals surface area (Å²) in [4.78, 5) is 25.5. The van der Waals surface area contributed by atoms with Gasteiger partial charge in [0.15, 0.2) is 5.16 Å². The van der Waals surface area contributed by atoms with Gasteiger partial charge in [-0.1, -0.05) is 18.7 Å². The topological polar surface area (TPSA) is 72.2 Å². The minimum absolute atomic E-state index is 0.0719. The van der Waals surface area contributed by atoms with Gasteiger partial charge in [-0.2, -0.15) is 4.98 Å². The molecule has 0 amide bonds. The van der Waals surface area contributed by atoms with Crippen molar-refractivity contribution in [3.8, 4) is 0 Å². The molecule has 6 heteroatoms. The third kappa shape index (κ3) is 2.44. The highest BCUT2D eigenvalue weighted by Crippen LogP contribution is 2.43. The van der Waals surface area contributed by atoms with E-state index in [4.69, 9.17) is 5.11 Å². The van der Waals surface area contributed by atoms with E-state index < -0.39 is 5.97 Å². The third-order valence-electron chi connectivity index (χ3n) is 2.55. The molecule has 0 spiro atoms. The van der Waals surface area contributed by atoms with Crippen LogP contribution in [0, 0.1) is 5.92 Å². The number of nitrogens with zero attached hydrogens (tertiary/aromatic N) is 2. The summed E-state index contributed by atoms with van der Waals surface area (Å²) in [6.07, 6.45) is 2.76. The first-order valence-electron chi connectivity index (χ1n) is 5.01. The Balaban J connectivity index is 2.22. The van der Waals surface area contributed by atoms with Gasteiger partial charge in [-0.3, -0.25) is 9.59 Å². The van der Waals surface area contributed by atoms with Crippen LogP contribution in [0.1, 0.15) is 19.4 Å². The Morgan fingerprint density at radius 2 is 2.44 bits per heavy atom. The van der Waals surface area contributed by atoms with Crippen molar-refractivity contribution < 1.29 is 9.90 Å². The second-order valence-electron chi connectivity index (χ2n) is 3.92. The molecule has 16 heavy (non-hydrogen) atoms. The van der Waals surface area contributed by atoms with Gasteiger partial charge in [0.05, 0.1) is 5.75 Å². The molecule has 1 saturated carbocycles. The summed E-state index contributed by atoms with van der Waals surface area (Å²) >= 11 is 1.09. The Labute approximate surface area is 96.5 Å². The standard InChI is InChI=1S/C10H12N2O3S/c1-6-4-7(6)12-3-2-8(13)11-10(12)16-5-9(14)15/h2-3,6-7H,4-5H2,1H3,(H,14,15). The number of aromatic nitrogens is 2. The van der Waals surface area contributed by atoms with Gasteiger partial charge in [0.1, 0.15) is 0 Å². The highest BCUT2D eigenvalue weighted by atomic mass is 32.2. The summed E-state index contributed by atoms with van der Waals surface area (Å²) in [7, 11) is 0. The normalized spacial score (nSPS) is 23.1. The molecule has 1 heterocycles. The zero-order valence-corrected chi connectivity index (χ0v) is 9.61. The van der Waals surface area contributed by atoms with Crippen molar-refractivity contribution >= 4 is 17.7 Å². The average Bonchev–Trinajstić information content (AvgIpc) is 2.92. The second kappa shape index (κ2) is 4.29. The molecule has 0 saturated heterocycles. The van der Waals surface area contributed by atoms with Crippen LogP contribution in [0.3, 0.4) is 0 Å². The molecule has 1 aromatic heterocycles. The van der Waals surface area contributed by atoms with Crippen molar-refractivity contribution in [2.45, 2.75) is 24.5 Å². The van der Waals surface area contributed by atoms with Crippen molar-refractivity contribution in [3.05, 3.63) is 22.6 Å². The first kappa shape index (κ1) is 11.2. The van der Waals surface area contributed by atoms with Crippen LogP contribution in [-0.4, -0.2) is 26.4 Å². The van der Waals surface area contributed by atoms with Gasteiger partial charge in [0.2, 0.25) is 0 Å². The number of hydrogen-bond donors (Lipinski definition) is 1. The van der Waals surface area contributed by atoms with Crippen LogP contribution < -0.4 is 5.56 Å². The van der Waals surface area contributed by atoms with Crippen LogP contribution >= 0.6 is 11.8 Å². The summed E-state index contributed by atoms with van der Waals surface area (Å²) in [6, 6.07) is 1.78. The van der Waals surface area contributed by atoms with E-state index in [0.717, 1.165) is 18.2 Å². The molecule has 2 rings (SSSR count). The number of rotatable bonds is 4. The lowest BCUT2D eigenvalue weighted by Gasteiger charge is -2.09. The van der Waals surface area contributed by atoms with Crippen LogP contribution in [0.5, 0.6) is 0 Å². The van der Waals surface area contributed by atoms with Crippen LogP contribution in [0.4, 0.5) is 0 Å². The van der Waals surface area contributed by atoms with Gasteiger partial charge in [0.25, 0.3) is 5.56 Å². The summed E-state index contributed by atoms with van der Waals surface area (Å²) in [5.41, 5.74) is -0.322. The molecule has 2 unspecified atom stereocenters. The van der Waals surface area contributed by atoms with Crippen LogP contribution in [0.2, 0.25) is 0 Å². The second-order valence-corrected chi connectivity index (χ2v) is 4.86. The molecule has 0 bridgehead atoms. The number of hydrogen-bond acceptors (Lipinski definition) is 4. The van der Waals surface area contributed by atoms with Crippen molar-refractivity contribution in [2.24, 2.45) is 5.92 Å². The maximum absolute atomic E-state index is 11.1. The predicted octanol–water partition coefficient (Wildman–Crippen LogP) is 1.00. The summed E-state index contributed by atoms with van der Waals surface area (Å²) in [5, 5.41) is 9.11. The molecule has 1 aliphatic carbocycles. The SMILES string of the molecule is CC1CC1n1ccc(=O)nc1SCC(=O)O. The van der Waals surface area contributed by atoms with Crippen molar-refractivity contribution in [1.29, 1.82) is 0 Å². The van der Waals surface area contributed by atoms with E-state index in [0.29, 0.717) is 17.1 Å². The van der Waals surface area contributed by atoms with Crippen molar-refractivity contribution in [3.63, 3.8) is 0 Å². The molecule has 1 fully saturated rings. The largest absolute Gasteiger partial charge is 0.481 e. The molecule has 0 aromatic carbocycles. The Hall–Kier alpha value is -1.30. The molecule has 1 aromatic rings. The molecule has 5 nitrogen and oxygen atoms in total. The third-order valence-corrected chi connectivity index (χ3v) is 3.51. The number of carbonyl (C=O) groups is 1. The van der Waals surface area contributed by atoms with Gasteiger partial charge in [-0.05, 0) is 12.3 Å². The van der Waals surface area contributed by atoms with Crippen LogP contribution in [0.15, 0.2) is 22.2 Å². The molecule has 86 valence electrons. The molecule has 2 atom stereocenters. The number of carboxylic acid groups (broad SMARTS) is 1. The van der Waals surface area contributed by atoms with E-state index in [1.54, 1.807) is 6.20 Å². The Bertz CT molecular complexity index is 471. The molecule has 1 aliphatic rings. The molecule has 0 aliphatic heterocycles. The van der Waals surface area contributed by atoms with Gasteiger partial charge in [0, 0.05) is 18.3 Å². The molecule has 0 radical (unpaired) electrons. The van der Waals surface area contributed by atoms with E-state index >= 15 is 0 Å². The predicted molar refractivity (Wildman–Crippen MR) is 59.7 cm³/mol. The highest BCUT2D eigenvalue weighted by molar-refractivity contribution is 7.99. The maximum Gasteiger partial charge on any atom is 0.313 e. The lowest BCUT2D eigenvalue weighted by atomic mass is 10.5. The van der Waals surface area contributed by atoms with E-state index in [1.165, 1.54) is 6.07 Å². The minimum Gasteiger partial charge on any atom is -0.481 e. The lowest BCUT2D eigenvalue weighted by molar-refractivity contribution is -0.133. The van der Waals surface area contributed by atoms with Crippen molar-refractivity contribution in [2.75, 3.05) is 5.75 Å². The molecular formula is C10H12N2O3S. The Kier molecular flexibility index (Phi) is 3.00. The van der Waals surface area contributed by atoms with Gasteiger partial charge >= 0.3 is 5.97 Å². The molecular weight excluding hydrogens is 228 g/mol. The number of carboxylic acids is 1. The summed E-state index contributed by atoms with van der Waals surface area (Å²) in [5.74, 6) is -0.399. The van der Waals surface area contributed by atoms with E-state index in [2.05, 4.69) is 11.9 Å². The fourth-order valence-electron chi connectivity index (χ4n) is 1.57. The summed E-state index contributed by atoms with van der Waals surface area (Å²) in [6.45, 7) is 2.12. The van der Waals surface area contributed by atoms with Crippen LogP contribution in [-0.2, 0) is 4.79 Å².